The highest BCUT2D eigenvalue weighted by Gasteiger charge is 2.12. The molecule has 0 spiro atoms. The van der Waals surface area contributed by atoms with Gasteiger partial charge in [-0.25, -0.2) is 0 Å². The van der Waals surface area contributed by atoms with Crippen LogP contribution in [0.5, 0.6) is 0 Å². The van der Waals surface area contributed by atoms with E-state index in [9.17, 15) is 9.59 Å². The van der Waals surface area contributed by atoms with E-state index >= 15 is 0 Å². The number of anilines is 1. The Morgan fingerprint density at radius 1 is 1.17 bits per heavy atom. The normalized spacial score (nSPS) is 11.6. The number of benzene rings is 2. The Hall–Kier alpha value is -2.37. The molecule has 5 nitrogen and oxygen atoms in total. The largest absolute Gasteiger partial charge is 0.355 e. The molecule has 0 saturated carbocycles. The Morgan fingerprint density at radius 2 is 1.88 bits per heavy atom. The van der Waals surface area contributed by atoms with Crippen molar-refractivity contribution in [1.82, 2.24) is 5.32 Å². The topological polar surface area (TPSA) is 74.8 Å². The minimum Gasteiger partial charge on any atom is -0.355 e. The van der Waals surface area contributed by atoms with Crippen molar-refractivity contribution in [3.05, 3.63) is 64.7 Å². The summed E-state index contributed by atoms with van der Waals surface area (Å²) in [5.41, 5.74) is 2.29. The maximum absolute atomic E-state index is 12.0. The third kappa shape index (κ3) is 5.08. The zero-order chi connectivity index (χ0) is 17.5. The van der Waals surface area contributed by atoms with Crippen LogP contribution in [0.3, 0.4) is 0 Å². The second-order valence-corrected chi connectivity index (χ2v) is 5.92. The van der Waals surface area contributed by atoms with E-state index in [0.717, 1.165) is 5.56 Å². The summed E-state index contributed by atoms with van der Waals surface area (Å²) in [6.45, 7) is 2.32. The fraction of sp³-hybridized carbons (Fsp3) is 0.222. The van der Waals surface area contributed by atoms with Crippen LogP contribution in [0.1, 0.15) is 28.9 Å². The van der Waals surface area contributed by atoms with Crippen molar-refractivity contribution in [3.8, 4) is 0 Å². The van der Waals surface area contributed by atoms with Gasteiger partial charge in [-0.1, -0.05) is 23.7 Å². The van der Waals surface area contributed by atoms with Crippen LogP contribution in [0, 0.1) is 0 Å². The Bertz CT molecular complexity index is 716. The standard InChI is InChI=1S/C18H20ClN3O2/c1-12(14-4-3-5-15(19)10-14)21-11-17(23)22-16-8-6-13(7-9-16)18(24)20-2/h3-10,12,21H,11H2,1-2H3,(H,20,24)(H,22,23)/p+1/t12-/m1/s1. The van der Waals surface area contributed by atoms with Gasteiger partial charge in [0.2, 0.25) is 0 Å². The molecular weight excluding hydrogens is 326 g/mol. The van der Waals surface area contributed by atoms with Crippen LogP contribution in [0.2, 0.25) is 5.02 Å². The number of quaternary nitrogens is 1. The van der Waals surface area contributed by atoms with Crippen molar-refractivity contribution in [1.29, 1.82) is 0 Å². The van der Waals surface area contributed by atoms with Crippen LogP contribution < -0.4 is 16.0 Å². The average Bonchev–Trinajstić information content (AvgIpc) is 2.59. The molecule has 0 fully saturated rings. The van der Waals surface area contributed by atoms with Gasteiger partial charge in [0.25, 0.3) is 11.8 Å². The molecule has 0 aliphatic rings. The molecule has 2 aromatic carbocycles. The maximum Gasteiger partial charge on any atom is 0.279 e. The fourth-order valence-electron chi connectivity index (χ4n) is 2.27. The van der Waals surface area contributed by atoms with Crippen LogP contribution >= 0.6 is 11.6 Å². The second kappa shape index (κ2) is 8.47. The summed E-state index contributed by atoms with van der Waals surface area (Å²) < 4.78 is 0. The highest BCUT2D eigenvalue weighted by atomic mass is 35.5. The van der Waals surface area contributed by atoms with Gasteiger partial charge >= 0.3 is 0 Å². The number of nitrogens with two attached hydrogens (primary N) is 1. The fourth-order valence-corrected chi connectivity index (χ4v) is 2.47. The molecule has 126 valence electrons. The molecule has 2 aromatic rings. The van der Waals surface area contributed by atoms with Gasteiger partial charge in [0.15, 0.2) is 6.54 Å². The van der Waals surface area contributed by atoms with Gasteiger partial charge in [0.1, 0.15) is 6.04 Å². The molecule has 6 heteroatoms. The monoisotopic (exact) mass is 346 g/mol. The van der Waals surface area contributed by atoms with Gasteiger partial charge in [-0.2, -0.15) is 0 Å². The van der Waals surface area contributed by atoms with Crippen LogP contribution in [-0.4, -0.2) is 25.4 Å². The van der Waals surface area contributed by atoms with Crippen molar-refractivity contribution >= 4 is 29.1 Å². The van der Waals surface area contributed by atoms with Crippen LogP contribution in [0.4, 0.5) is 5.69 Å². The molecule has 0 saturated heterocycles. The maximum atomic E-state index is 12.0. The van der Waals surface area contributed by atoms with E-state index in [4.69, 9.17) is 11.6 Å². The van der Waals surface area contributed by atoms with Gasteiger partial charge in [-0.3, -0.25) is 9.59 Å². The predicted molar refractivity (Wildman–Crippen MR) is 95.1 cm³/mol. The second-order valence-electron chi connectivity index (χ2n) is 5.49. The Kier molecular flexibility index (Phi) is 6.35. The molecule has 0 unspecified atom stereocenters. The molecule has 0 radical (unpaired) electrons. The van der Waals surface area contributed by atoms with Gasteiger partial charge in [-0.15, -0.1) is 0 Å². The van der Waals surface area contributed by atoms with E-state index in [1.807, 2.05) is 36.5 Å². The SMILES string of the molecule is CNC(=O)c1ccc(NC(=O)C[NH2+][C@H](C)c2cccc(Cl)c2)cc1. The molecule has 0 aliphatic heterocycles. The summed E-state index contributed by atoms with van der Waals surface area (Å²) in [6, 6.07) is 14.5. The molecule has 1 atom stereocenters. The number of hydrogen-bond acceptors (Lipinski definition) is 2. The third-order valence-electron chi connectivity index (χ3n) is 3.69. The van der Waals surface area contributed by atoms with Gasteiger partial charge in [-0.05, 0) is 43.3 Å². The van der Waals surface area contributed by atoms with Crippen LogP contribution in [-0.2, 0) is 4.79 Å². The first-order chi connectivity index (χ1) is 11.5. The van der Waals surface area contributed by atoms with Crippen molar-refractivity contribution in [2.24, 2.45) is 0 Å². The molecule has 0 aliphatic carbocycles. The van der Waals surface area contributed by atoms with Crippen LogP contribution in [0.25, 0.3) is 0 Å². The zero-order valence-electron chi connectivity index (χ0n) is 13.7. The molecule has 2 amide bonds. The minimum absolute atomic E-state index is 0.100. The molecule has 2 rings (SSSR count). The van der Waals surface area contributed by atoms with E-state index in [1.165, 1.54) is 0 Å². The summed E-state index contributed by atoms with van der Waals surface area (Å²) in [6.07, 6.45) is 0. The molecular formula is C18H21ClN3O2+. The first-order valence-electron chi connectivity index (χ1n) is 7.70. The van der Waals surface area contributed by atoms with Gasteiger partial charge in [0, 0.05) is 28.9 Å². The Labute approximate surface area is 146 Å². The zero-order valence-corrected chi connectivity index (χ0v) is 14.4. The summed E-state index contributed by atoms with van der Waals surface area (Å²) in [7, 11) is 1.58. The lowest BCUT2D eigenvalue weighted by molar-refractivity contribution is -0.682. The highest BCUT2D eigenvalue weighted by Crippen LogP contribution is 2.14. The Balaban J connectivity index is 1.86. The van der Waals surface area contributed by atoms with E-state index in [0.29, 0.717) is 22.8 Å². The summed E-state index contributed by atoms with van der Waals surface area (Å²) in [5.74, 6) is -0.256. The van der Waals surface area contributed by atoms with Crippen molar-refractivity contribution in [3.63, 3.8) is 0 Å². The molecule has 24 heavy (non-hydrogen) atoms. The number of carbonyl (C=O) groups is 2. The van der Waals surface area contributed by atoms with Crippen LogP contribution in [0.15, 0.2) is 48.5 Å². The summed E-state index contributed by atoms with van der Waals surface area (Å²) in [4.78, 5) is 23.5. The molecule has 0 heterocycles. The Morgan fingerprint density at radius 3 is 2.50 bits per heavy atom. The molecule has 0 aromatic heterocycles. The predicted octanol–water partition coefficient (Wildman–Crippen LogP) is 1.96. The smallest absolute Gasteiger partial charge is 0.279 e. The number of halogens is 1. The van der Waals surface area contributed by atoms with Crippen molar-refractivity contribution in [2.45, 2.75) is 13.0 Å². The number of carbonyl (C=O) groups excluding carboxylic acids is 2. The van der Waals surface area contributed by atoms with Crippen molar-refractivity contribution in [2.75, 3.05) is 18.9 Å². The van der Waals surface area contributed by atoms with Gasteiger partial charge < -0.3 is 16.0 Å². The van der Waals surface area contributed by atoms with Gasteiger partial charge in [0.05, 0.1) is 0 Å². The molecule has 0 bridgehead atoms. The van der Waals surface area contributed by atoms with E-state index in [-0.39, 0.29) is 17.9 Å². The third-order valence-corrected chi connectivity index (χ3v) is 3.92. The first kappa shape index (κ1) is 18.0. The number of nitrogens with one attached hydrogen (secondary N) is 2. The van der Waals surface area contributed by atoms with Crippen molar-refractivity contribution < 1.29 is 14.9 Å². The highest BCUT2D eigenvalue weighted by molar-refractivity contribution is 6.30. The lowest BCUT2D eigenvalue weighted by Gasteiger charge is -2.11. The lowest BCUT2D eigenvalue weighted by Crippen LogP contribution is -2.86. The summed E-state index contributed by atoms with van der Waals surface area (Å²) >= 11 is 5.98. The first-order valence-corrected chi connectivity index (χ1v) is 8.08. The molecule has 4 N–H and O–H groups in total. The van der Waals surface area contributed by atoms with E-state index in [2.05, 4.69) is 10.6 Å². The number of hydrogen-bond donors (Lipinski definition) is 3. The quantitative estimate of drug-likeness (QED) is 0.748. The van der Waals surface area contributed by atoms with E-state index < -0.39 is 0 Å². The minimum atomic E-state index is -0.156. The van der Waals surface area contributed by atoms with E-state index in [1.54, 1.807) is 31.3 Å². The number of rotatable bonds is 6. The lowest BCUT2D eigenvalue weighted by atomic mass is 10.1. The summed E-state index contributed by atoms with van der Waals surface area (Å²) in [5, 5.41) is 8.00. The average molecular weight is 347 g/mol. The number of amides is 2.